The number of aryl methyl sites for hydroxylation is 1. The maximum Gasteiger partial charge on any atom is 0.417 e. The number of nitrogens with zero attached hydrogens (tertiary/aromatic N) is 4. The summed E-state index contributed by atoms with van der Waals surface area (Å²) in [6.45, 7) is 5.73. The molecule has 49 heavy (non-hydrogen) atoms. The van der Waals surface area contributed by atoms with E-state index in [1.54, 1.807) is 12.1 Å². The second-order valence-electron chi connectivity index (χ2n) is 11.8. The van der Waals surface area contributed by atoms with Gasteiger partial charge in [0.05, 0.1) is 17.7 Å². The van der Waals surface area contributed by atoms with E-state index < -0.39 is 34.6 Å². The van der Waals surface area contributed by atoms with Crippen molar-refractivity contribution in [2.45, 2.75) is 19.6 Å². The summed E-state index contributed by atoms with van der Waals surface area (Å²) in [5, 5.41) is 0. The zero-order chi connectivity index (χ0) is 34.9. The van der Waals surface area contributed by atoms with E-state index >= 15 is 4.39 Å². The van der Waals surface area contributed by atoms with Crippen molar-refractivity contribution >= 4 is 17.5 Å². The van der Waals surface area contributed by atoms with Crippen LogP contribution in [-0.4, -0.2) is 73.2 Å². The van der Waals surface area contributed by atoms with Gasteiger partial charge in [0.1, 0.15) is 11.6 Å². The molecule has 0 unspecified atom stereocenters. The van der Waals surface area contributed by atoms with Crippen LogP contribution < -0.4 is 24.8 Å². The molecule has 3 heterocycles. The van der Waals surface area contributed by atoms with Crippen LogP contribution in [0.5, 0.6) is 23.1 Å². The van der Waals surface area contributed by atoms with Crippen molar-refractivity contribution in [1.82, 2.24) is 14.8 Å². The minimum absolute atomic E-state index is 0.0129. The van der Waals surface area contributed by atoms with Crippen LogP contribution in [-0.2, 0) is 17.5 Å². The van der Waals surface area contributed by atoms with Gasteiger partial charge in [-0.15, -0.1) is 0 Å². The molecule has 0 aliphatic carbocycles. The molecule has 0 bridgehead atoms. The van der Waals surface area contributed by atoms with E-state index in [0.29, 0.717) is 31.0 Å². The molecular weight excluding hydrogens is 646 g/mol. The monoisotopic (exact) mass is 679 g/mol. The molecule has 2 amide bonds. The topological polar surface area (TPSA) is 110 Å². The standard InChI is InChI=1S/C35H33F4N5O5/c1-21-15-24(42(2)19-31(45)44-13-11-43(12-14-44)18-22-3-8-28-29(16-22)48-20-47-28)5-9-27(21)49-30-10-4-23(17-41-30)32-26(35(37,38)39)7-6-25(33(32)36)34(40)46/h3-10,15-17H,11-14,18-20H2,1-2H3,(H2,40,46). The number of pyridine rings is 1. The fraction of sp³-hybridized carbons (Fsp3) is 0.286. The van der Waals surface area contributed by atoms with E-state index in [1.165, 1.54) is 12.1 Å². The summed E-state index contributed by atoms with van der Waals surface area (Å²) < 4.78 is 72.7. The molecular formula is C35H33F4N5O5. The van der Waals surface area contributed by atoms with Crippen LogP contribution in [0.25, 0.3) is 11.1 Å². The number of rotatable bonds is 9. The Morgan fingerprint density at radius 1 is 0.980 bits per heavy atom. The van der Waals surface area contributed by atoms with Crippen LogP contribution in [0.2, 0.25) is 0 Å². The van der Waals surface area contributed by atoms with Gasteiger partial charge in [-0.1, -0.05) is 6.07 Å². The number of hydrogen-bond donors (Lipinski definition) is 1. The summed E-state index contributed by atoms with van der Waals surface area (Å²) in [5.41, 5.74) is 4.82. The molecule has 14 heteroatoms. The molecule has 1 aromatic heterocycles. The Hall–Kier alpha value is -5.37. The predicted molar refractivity (Wildman–Crippen MR) is 172 cm³/mol. The largest absolute Gasteiger partial charge is 0.454 e. The summed E-state index contributed by atoms with van der Waals surface area (Å²) in [7, 11) is 1.82. The number of alkyl halides is 3. The van der Waals surface area contributed by atoms with Crippen molar-refractivity contribution in [2.24, 2.45) is 5.73 Å². The van der Waals surface area contributed by atoms with E-state index in [1.807, 2.05) is 48.0 Å². The van der Waals surface area contributed by atoms with Gasteiger partial charge in [-0.05, 0) is 66.6 Å². The quantitative estimate of drug-likeness (QED) is 0.227. The minimum atomic E-state index is -4.89. The summed E-state index contributed by atoms with van der Waals surface area (Å²) >= 11 is 0. The fourth-order valence-corrected chi connectivity index (χ4v) is 5.82. The number of carbonyl (C=O) groups is 2. The van der Waals surface area contributed by atoms with Crippen LogP contribution in [0, 0.1) is 12.7 Å². The van der Waals surface area contributed by atoms with Gasteiger partial charge in [-0.3, -0.25) is 14.5 Å². The molecule has 0 atom stereocenters. The summed E-state index contributed by atoms with van der Waals surface area (Å²) in [6.07, 6.45) is -3.85. The van der Waals surface area contributed by atoms with Crippen LogP contribution in [0.1, 0.15) is 27.0 Å². The van der Waals surface area contributed by atoms with Gasteiger partial charge in [-0.2, -0.15) is 13.2 Å². The first-order chi connectivity index (χ1) is 23.4. The number of primary amides is 1. The number of halogens is 4. The predicted octanol–water partition coefficient (Wildman–Crippen LogP) is 5.62. The highest BCUT2D eigenvalue weighted by atomic mass is 19.4. The SMILES string of the molecule is Cc1cc(N(C)CC(=O)N2CCN(Cc3ccc4c(c3)OCO4)CC2)ccc1Oc1ccc(-c2c(C(F)(F)F)ccc(C(N)=O)c2F)cn1. The van der Waals surface area contributed by atoms with Crippen molar-refractivity contribution in [2.75, 3.05) is 51.5 Å². The molecule has 0 spiro atoms. The highest BCUT2D eigenvalue weighted by Gasteiger charge is 2.36. The van der Waals surface area contributed by atoms with Crippen molar-refractivity contribution in [3.63, 3.8) is 0 Å². The Morgan fingerprint density at radius 2 is 1.73 bits per heavy atom. The number of ether oxygens (including phenoxy) is 3. The van der Waals surface area contributed by atoms with Gasteiger partial charge >= 0.3 is 6.18 Å². The molecule has 1 fully saturated rings. The zero-order valence-corrected chi connectivity index (χ0v) is 26.7. The number of hydrogen-bond acceptors (Lipinski definition) is 8. The van der Waals surface area contributed by atoms with Crippen LogP contribution in [0.4, 0.5) is 23.2 Å². The van der Waals surface area contributed by atoms with Gasteiger partial charge in [0.25, 0.3) is 5.91 Å². The van der Waals surface area contributed by atoms with Crippen LogP contribution in [0.15, 0.2) is 66.9 Å². The maximum atomic E-state index is 15.0. The van der Waals surface area contributed by atoms with Crippen LogP contribution in [0.3, 0.4) is 0 Å². The Kier molecular flexibility index (Phi) is 9.32. The lowest BCUT2D eigenvalue weighted by Crippen LogP contribution is -2.50. The number of fused-ring (bicyclic) bond motifs is 1. The third kappa shape index (κ3) is 7.38. The van der Waals surface area contributed by atoms with Gasteiger partial charge in [0.15, 0.2) is 11.5 Å². The summed E-state index contributed by atoms with van der Waals surface area (Å²) in [6, 6.07) is 15.1. The fourth-order valence-electron chi connectivity index (χ4n) is 5.82. The number of aromatic nitrogens is 1. The first-order valence-electron chi connectivity index (χ1n) is 15.4. The molecule has 3 aromatic carbocycles. The Labute approximate surface area is 279 Å². The zero-order valence-electron chi connectivity index (χ0n) is 26.7. The lowest BCUT2D eigenvalue weighted by molar-refractivity contribution is -0.137. The number of anilines is 1. The smallest absolute Gasteiger partial charge is 0.417 e. The van der Waals surface area contributed by atoms with Gasteiger partial charge in [0.2, 0.25) is 18.6 Å². The van der Waals surface area contributed by atoms with Gasteiger partial charge in [-0.25, -0.2) is 9.37 Å². The molecule has 0 radical (unpaired) electrons. The van der Waals surface area contributed by atoms with Gasteiger partial charge < -0.3 is 29.7 Å². The molecule has 1 saturated heterocycles. The normalized spacial score (nSPS) is 14.5. The molecule has 2 N–H and O–H groups in total. The first-order valence-corrected chi connectivity index (χ1v) is 15.4. The molecule has 2 aliphatic heterocycles. The second kappa shape index (κ2) is 13.6. The Morgan fingerprint density at radius 3 is 2.41 bits per heavy atom. The van der Waals surface area contributed by atoms with Crippen molar-refractivity contribution in [3.8, 4) is 34.3 Å². The number of likely N-dealkylation sites (N-methyl/N-ethyl adjacent to an activating group) is 1. The summed E-state index contributed by atoms with van der Waals surface area (Å²) in [5.74, 6) is -0.569. The molecule has 0 saturated carbocycles. The average Bonchev–Trinajstić information content (AvgIpc) is 3.54. The van der Waals surface area contributed by atoms with Crippen molar-refractivity contribution in [3.05, 3.63) is 94.9 Å². The number of carbonyl (C=O) groups excluding carboxylic acids is 2. The average molecular weight is 680 g/mol. The Balaban J connectivity index is 1.05. The molecule has 10 nitrogen and oxygen atoms in total. The lowest BCUT2D eigenvalue weighted by atomic mass is 9.96. The van der Waals surface area contributed by atoms with E-state index in [9.17, 15) is 22.8 Å². The Bertz CT molecular complexity index is 1880. The molecule has 2 aliphatic rings. The van der Waals surface area contributed by atoms with Crippen LogP contribution >= 0.6 is 0 Å². The van der Waals surface area contributed by atoms with E-state index in [4.69, 9.17) is 19.9 Å². The first kappa shape index (κ1) is 33.5. The maximum absolute atomic E-state index is 15.0. The highest BCUT2D eigenvalue weighted by Crippen LogP contribution is 2.40. The van der Waals surface area contributed by atoms with E-state index in [0.717, 1.165) is 54.1 Å². The number of benzene rings is 3. The van der Waals surface area contributed by atoms with E-state index in [-0.39, 0.29) is 30.7 Å². The number of piperazine rings is 1. The molecule has 4 aromatic rings. The second-order valence-corrected chi connectivity index (χ2v) is 11.8. The number of amides is 2. The summed E-state index contributed by atoms with van der Waals surface area (Å²) in [4.78, 5) is 34.8. The number of nitrogens with two attached hydrogens (primary N) is 1. The third-order valence-electron chi connectivity index (χ3n) is 8.49. The molecule has 256 valence electrons. The highest BCUT2D eigenvalue weighted by molar-refractivity contribution is 5.95. The van der Waals surface area contributed by atoms with Crippen molar-refractivity contribution < 1.29 is 41.4 Å². The molecule has 6 rings (SSSR count). The lowest BCUT2D eigenvalue weighted by Gasteiger charge is -2.35. The van der Waals surface area contributed by atoms with Gasteiger partial charge in [0, 0.05) is 68.8 Å². The third-order valence-corrected chi connectivity index (χ3v) is 8.49. The minimum Gasteiger partial charge on any atom is -0.454 e. The van der Waals surface area contributed by atoms with Crippen molar-refractivity contribution in [1.29, 1.82) is 0 Å². The van der Waals surface area contributed by atoms with E-state index in [2.05, 4.69) is 9.88 Å².